The minimum atomic E-state index is -0.532. The standard InChI is InChI=1S/C21H27NO4/c1-24-20-11-8-16(12-21(20)25-2)13-22(17-9-10-17)14-18(23)15-26-19-6-4-3-5-7-19/h3-8,11-12,17-18,23H,9-10,13-15H2,1-2H3. The highest BCUT2D eigenvalue weighted by atomic mass is 16.5. The molecule has 1 atom stereocenters. The highest BCUT2D eigenvalue weighted by Crippen LogP contribution is 2.31. The summed E-state index contributed by atoms with van der Waals surface area (Å²) in [6, 6.07) is 16.1. The van der Waals surface area contributed by atoms with Gasteiger partial charge >= 0.3 is 0 Å². The fourth-order valence-corrected chi connectivity index (χ4v) is 3.03. The zero-order valence-corrected chi connectivity index (χ0v) is 15.4. The smallest absolute Gasteiger partial charge is 0.161 e. The first-order chi connectivity index (χ1) is 12.7. The molecule has 0 heterocycles. The summed E-state index contributed by atoms with van der Waals surface area (Å²) in [5.41, 5.74) is 1.14. The highest BCUT2D eigenvalue weighted by molar-refractivity contribution is 5.42. The van der Waals surface area contributed by atoms with Crippen LogP contribution in [-0.2, 0) is 6.54 Å². The number of hydrogen-bond donors (Lipinski definition) is 1. The quantitative estimate of drug-likeness (QED) is 0.708. The van der Waals surface area contributed by atoms with Gasteiger partial charge < -0.3 is 19.3 Å². The van der Waals surface area contributed by atoms with E-state index in [1.54, 1.807) is 14.2 Å². The number of hydrogen-bond acceptors (Lipinski definition) is 5. The number of aliphatic hydroxyl groups excluding tert-OH is 1. The molecular weight excluding hydrogens is 330 g/mol. The van der Waals surface area contributed by atoms with Gasteiger partial charge in [-0.15, -0.1) is 0 Å². The van der Waals surface area contributed by atoms with Crippen molar-refractivity contribution in [3.05, 3.63) is 54.1 Å². The minimum Gasteiger partial charge on any atom is -0.493 e. The maximum absolute atomic E-state index is 10.4. The van der Waals surface area contributed by atoms with Crippen LogP contribution in [0.5, 0.6) is 17.2 Å². The van der Waals surface area contributed by atoms with Crippen LogP contribution in [0.25, 0.3) is 0 Å². The molecule has 1 N–H and O–H groups in total. The van der Waals surface area contributed by atoms with E-state index in [0.717, 1.165) is 29.4 Å². The van der Waals surface area contributed by atoms with Crippen molar-refractivity contribution in [3.63, 3.8) is 0 Å². The lowest BCUT2D eigenvalue weighted by atomic mass is 10.1. The number of para-hydroxylation sites is 1. The fourth-order valence-electron chi connectivity index (χ4n) is 3.03. The van der Waals surface area contributed by atoms with Gasteiger partial charge in [0.25, 0.3) is 0 Å². The summed E-state index contributed by atoms with van der Waals surface area (Å²) in [5, 5.41) is 10.4. The Balaban J connectivity index is 1.57. The van der Waals surface area contributed by atoms with Gasteiger partial charge in [-0.2, -0.15) is 0 Å². The van der Waals surface area contributed by atoms with Gasteiger partial charge in [0.05, 0.1) is 14.2 Å². The Morgan fingerprint density at radius 3 is 2.42 bits per heavy atom. The lowest BCUT2D eigenvalue weighted by molar-refractivity contribution is 0.0626. The first kappa shape index (κ1) is 18.5. The van der Waals surface area contributed by atoms with E-state index in [0.29, 0.717) is 19.2 Å². The molecule has 2 aromatic rings. The second-order valence-corrected chi connectivity index (χ2v) is 6.63. The van der Waals surface area contributed by atoms with Crippen LogP contribution in [0.4, 0.5) is 0 Å². The number of methoxy groups -OCH3 is 2. The van der Waals surface area contributed by atoms with E-state index in [9.17, 15) is 5.11 Å². The highest BCUT2D eigenvalue weighted by Gasteiger charge is 2.30. The summed E-state index contributed by atoms with van der Waals surface area (Å²) in [7, 11) is 3.28. The maximum atomic E-state index is 10.4. The molecule has 1 fully saturated rings. The Labute approximate surface area is 155 Å². The number of nitrogens with zero attached hydrogens (tertiary/aromatic N) is 1. The predicted molar refractivity (Wildman–Crippen MR) is 101 cm³/mol. The molecule has 0 aliphatic heterocycles. The Bertz CT molecular complexity index is 688. The van der Waals surface area contributed by atoms with Gasteiger partial charge in [-0.3, -0.25) is 4.90 Å². The molecule has 1 saturated carbocycles. The summed E-state index contributed by atoms with van der Waals surface area (Å²) in [6.07, 6.45) is 1.83. The van der Waals surface area contributed by atoms with Crippen LogP contribution in [0.1, 0.15) is 18.4 Å². The molecule has 140 valence electrons. The van der Waals surface area contributed by atoms with Crippen molar-refractivity contribution in [3.8, 4) is 17.2 Å². The molecule has 0 radical (unpaired) electrons. The second-order valence-electron chi connectivity index (χ2n) is 6.63. The molecule has 5 nitrogen and oxygen atoms in total. The molecule has 0 aromatic heterocycles. The lowest BCUT2D eigenvalue weighted by Gasteiger charge is -2.25. The summed E-state index contributed by atoms with van der Waals surface area (Å²) in [5.74, 6) is 2.24. The van der Waals surface area contributed by atoms with Crippen molar-refractivity contribution >= 4 is 0 Å². The Kier molecular flexibility index (Phi) is 6.36. The lowest BCUT2D eigenvalue weighted by Crippen LogP contribution is -2.36. The zero-order valence-electron chi connectivity index (χ0n) is 15.4. The van der Waals surface area contributed by atoms with E-state index in [2.05, 4.69) is 4.90 Å². The van der Waals surface area contributed by atoms with Gasteiger partial charge in [-0.05, 0) is 42.7 Å². The topological polar surface area (TPSA) is 51.2 Å². The number of rotatable bonds is 10. The van der Waals surface area contributed by atoms with Crippen molar-refractivity contribution in [2.45, 2.75) is 31.5 Å². The van der Waals surface area contributed by atoms with Gasteiger partial charge in [0.15, 0.2) is 11.5 Å². The molecule has 2 aromatic carbocycles. The van der Waals surface area contributed by atoms with E-state index in [-0.39, 0.29) is 0 Å². The molecular formula is C21H27NO4. The normalized spacial score (nSPS) is 14.9. The summed E-state index contributed by atoms with van der Waals surface area (Å²) >= 11 is 0. The average Bonchev–Trinajstić information content (AvgIpc) is 3.52. The summed E-state index contributed by atoms with van der Waals surface area (Å²) in [6.45, 7) is 1.65. The summed E-state index contributed by atoms with van der Waals surface area (Å²) < 4.78 is 16.4. The third-order valence-corrected chi connectivity index (χ3v) is 4.53. The van der Waals surface area contributed by atoms with Crippen LogP contribution < -0.4 is 14.2 Å². The largest absolute Gasteiger partial charge is 0.493 e. The maximum Gasteiger partial charge on any atom is 0.161 e. The molecule has 1 aliphatic rings. The van der Waals surface area contributed by atoms with Crippen molar-refractivity contribution in [2.75, 3.05) is 27.4 Å². The van der Waals surface area contributed by atoms with Crippen molar-refractivity contribution < 1.29 is 19.3 Å². The van der Waals surface area contributed by atoms with E-state index in [4.69, 9.17) is 14.2 Å². The molecule has 0 bridgehead atoms. The van der Waals surface area contributed by atoms with Gasteiger partial charge in [-0.1, -0.05) is 24.3 Å². The van der Waals surface area contributed by atoms with Crippen molar-refractivity contribution in [1.29, 1.82) is 0 Å². The van der Waals surface area contributed by atoms with Crippen LogP contribution >= 0.6 is 0 Å². The average molecular weight is 357 g/mol. The zero-order chi connectivity index (χ0) is 18.4. The third kappa shape index (κ3) is 5.13. The molecule has 1 unspecified atom stereocenters. The monoisotopic (exact) mass is 357 g/mol. The van der Waals surface area contributed by atoms with E-state index in [1.165, 1.54) is 12.8 Å². The molecule has 5 heteroatoms. The fraction of sp³-hybridized carbons (Fsp3) is 0.429. The minimum absolute atomic E-state index is 0.291. The molecule has 1 aliphatic carbocycles. The molecule has 3 rings (SSSR count). The number of benzene rings is 2. The number of aliphatic hydroxyl groups is 1. The molecule has 0 amide bonds. The van der Waals surface area contributed by atoms with Crippen molar-refractivity contribution in [1.82, 2.24) is 4.90 Å². The Hall–Kier alpha value is -2.24. The van der Waals surface area contributed by atoms with Crippen LogP contribution in [-0.4, -0.2) is 49.5 Å². The van der Waals surface area contributed by atoms with E-state index < -0.39 is 6.10 Å². The van der Waals surface area contributed by atoms with Crippen molar-refractivity contribution in [2.24, 2.45) is 0 Å². The van der Waals surface area contributed by atoms with Gasteiger partial charge in [0.1, 0.15) is 18.5 Å². The first-order valence-corrected chi connectivity index (χ1v) is 9.00. The third-order valence-electron chi connectivity index (χ3n) is 4.53. The van der Waals surface area contributed by atoms with Gasteiger partial charge in [0, 0.05) is 19.1 Å². The van der Waals surface area contributed by atoms with Crippen LogP contribution in [0.15, 0.2) is 48.5 Å². The Morgan fingerprint density at radius 1 is 1.04 bits per heavy atom. The first-order valence-electron chi connectivity index (χ1n) is 9.00. The molecule has 0 saturated heterocycles. The number of ether oxygens (including phenoxy) is 3. The predicted octanol–water partition coefficient (Wildman–Crippen LogP) is 3.11. The van der Waals surface area contributed by atoms with Gasteiger partial charge in [0.2, 0.25) is 0 Å². The van der Waals surface area contributed by atoms with Gasteiger partial charge in [-0.25, -0.2) is 0 Å². The SMILES string of the molecule is COc1ccc(CN(CC(O)COc2ccccc2)C2CC2)cc1OC. The molecule has 26 heavy (non-hydrogen) atoms. The summed E-state index contributed by atoms with van der Waals surface area (Å²) in [4.78, 5) is 2.32. The second kappa shape index (κ2) is 8.92. The Morgan fingerprint density at radius 2 is 1.77 bits per heavy atom. The molecule has 0 spiro atoms. The van der Waals surface area contributed by atoms with Crippen LogP contribution in [0, 0.1) is 0 Å². The van der Waals surface area contributed by atoms with Crippen LogP contribution in [0.2, 0.25) is 0 Å². The van der Waals surface area contributed by atoms with E-state index in [1.807, 2.05) is 48.5 Å². The van der Waals surface area contributed by atoms with Crippen LogP contribution in [0.3, 0.4) is 0 Å². The van der Waals surface area contributed by atoms with E-state index >= 15 is 0 Å².